The lowest BCUT2D eigenvalue weighted by molar-refractivity contribution is -0.145. The lowest BCUT2D eigenvalue weighted by Gasteiger charge is -2.03. The predicted octanol–water partition coefficient (Wildman–Crippen LogP) is 1.21. The Kier molecular flexibility index (Phi) is 5.23. The van der Waals surface area contributed by atoms with Gasteiger partial charge in [0.15, 0.2) is 12.2 Å². The molecule has 0 bridgehead atoms. The third-order valence-electron chi connectivity index (χ3n) is 2.34. The zero-order valence-electron chi connectivity index (χ0n) is 11.0. The van der Waals surface area contributed by atoms with Crippen LogP contribution in [-0.4, -0.2) is 35.8 Å². The highest BCUT2D eigenvalue weighted by Gasteiger charge is 2.11. The fourth-order valence-electron chi connectivity index (χ4n) is 1.42. The smallest absolute Gasteiger partial charge is 0.316 e. The van der Waals surface area contributed by atoms with Gasteiger partial charge >= 0.3 is 5.97 Å². The molecule has 0 fully saturated rings. The van der Waals surface area contributed by atoms with Crippen molar-refractivity contribution in [3.8, 4) is 12.3 Å². The third-order valence-corrected chi connectivity index (χ3v) is 3.14. The SMILES string of the molecule is C#CCNC(=O)COC(=O)CSc1nc2ccccc2o1. The molecule has 108 valence electrons. The van der Waals surface area contributed by atoms with Gasteiger partial charge in [0.05, 0.1) is 6.54 Å². The van der Waals surface area contributed by atoms with Gasteiger partial charge in [-0.3, -0.25) is 9.59 Å². The van der Waals surface area contributed by atoms with Crippen molar-refractivity contribution in [2.75, 3.05) is 18.9 Å². The van der Waals surface area contributed by atoms with Gasteiger partial charge in [0.2, 0.25) is 0 Å². The molecule has 1 N–H and O–H groups in total. The highest BCUT2D eigenvalue weighted by atomic mass is 32.2. The van der Waals surface area contributed by atoms with E-state index in [4.69, 9.17) is 15.6 Å². The van der Waals surface area contributed by atoms with Crippen molar-refractivity contribution in [2.24, 2.45) is 0 Å². The van der Waals surface area contributed by atoms with Crippen molar-refractivity contribution < 1.29 is 18.7 Å². The minimum absolute atomic E-state index is 0.00917. The molecule has 1 aromatic carbocycles. The van der Waals surface area contributed by atoms with E-state index in [1.54, 1.807) is 6.07 Å². The normalized spacial score (nSPS) is 10.0. The molecule has 21 heavy (non-hydrogen) atoms. The van der Waals surface area contributed by atoms with Crippen molar-refractivity contribution in [2.45, 2.75) is 5.22 Å². The Morgan fingerprint density at radius 2 is 2.24 bits per heavy atom. The summed E-state index contributed by atoms with van der Waals surface area (Å²) >= 11 is 1.11. The van der Waals surface area contributed by atoms with Crippen LogP contribution in [0, 0.1) is 12.3 Å². The van der Waals surface area contributed by atoms with Crippen LogP contribution in [-0.2, 0) is 14.3 Å². The van der Waals surface area contributed by atoms with Gasteiger partial charge in [-0.15, -0.1) is 6.42 Å². The van der Waals surface area contributed by atoms with E-state index < -0.39 is 11.9 Å². The molecule has 7 heteroatoms. The third kappa shape index (κ3) is 4.54. The van der Waals surface area contributed by atoms with Crippen LogP contribution >= 0.6 is 11.8 Å². The number of hydrogen-bond acceptors (Lipinski definition) is 6. The Hall–Kier alpha value is -2.46. The van der Waals surface area contributed by atoms with Crippen LogP contribution in [0.5, 0.6) is 0 Å². The Morgan fingerprint density at radius 3 is 3.00 bits per heavy atom. The molecule has 0 spiro atoms. The highest BCUT2D eigenvalue weighted by molar-refractivity contribution is 7.99. The second-order valence-corrected chi connectivity index (χ2v) is 4.80. The molecule has 1 aromatic heterocycles. The molecule has 0 unspecified atom stereocenters. The number of hydrogen-bond donors (Lipinski definition) is 1. The first-order valence-corrected chi connectivity index (χ1v) is 7.02. The number of carbonyl (C=O) groups excluding carboxylic acids is 2. The maximum atomic E-state index is 11.5. The van der Waals surface area contributed by atoms with Gasteiger partial charge in [-0.2, -0.15) is 0 Å². The summed E-state index contributed by atoms with van der Waals surface area (Å²) in [4.78, 5) is 26.9. The van der Waals surface area contributed by atoms with Gasteiger partial charge in [0.1, 0.15) is 11.3 Å². The Labute approximate surface area is 125 Å². The first-order valence-electron chi connectivity index (χ1n) is 6.03. The summed E-state index contributed by atoms with van der Waals surface area (Å²) in [7, 11) is 0. The lowest BCUT2D eigenvalue weighted by Crippen LogP contribution is -2.29. The predicted molar refractivity (Wildman–Crippen MR) is 77.5 cm³/mol. The van der Waals surface area contributed by atoms with E-state index in [9.17, 15) is 9.59 Å². The fourth-order valence-corrected chi connectivity index (χ4v) is 2.06. The second-order valence-electron chi connectivity index (χ2n) is 3.88. The summed E-state index contributed by atoms with van der Waals surface area (Å²) in [5.41, 5.74) is 1.38. The van der Waals surface area contributed by atoms with Crippen molar-refractivity contribution in [3.05, 3.63) is 24.3 Å². The quantitative estimate of drug-likeness (QED) is 0.491. The molecule has 0 atom stereocenters. The maximum Gasteiger partial charge on any atom is 0.316 e. The molecule has 1 amide bonds. The summed E-state index contributed by atoms with van der Waals surface area (Å²) in [5, 5.41) is 2.77. The van der Waals surface area contributed by atoms with Crippen molar-refractivity contribution in [1.29, 1.82) is 0 Å². The standard InChI is InChI=1S/C14H12N2O4S/c1-2-7-15-12(17)8-19-13(18)9-21-14-16-10-5-3-4-6-11(10)20-14/h1,3-6H,7-9H2,(H,15,17). The number of terminal acetylenes is 1. The molecule has 6 nitrogen and oxygen atoms in total. The summed E-state index contributed by atoms with van der Waals surface area (Å²) in [6.45, 7) is -0.247. The van der Waals surface area contributed by atoms with E-state index in [1.165, 1.54) is 0 Å². The van der Waals surface area contributed by atoms with Crippen LogP contribution in [0.15, 0.2) is 33.9 Å². The van der Waals surface area contributed by atoms with Gasteiger partial charge in [-0.25, -0.2) is 4.98 Å². The molecule has 0 saturated carbocycles. The Balaban J connectivity index is 1.76. The van der Waals surface area contributed by atoms with E-state index in [-0.39, 0.29) is 18.9 Å². The summed E-state index contributed by atoms with van der Waals surface area (Å²) < 4.78 is 10.2. The number of nitrogens with zero attached hydrogens (tertiary/aromatic N) is 1. The van der Waals surface area contributed by atoms with Crippen LogP contribution in [0.3, 0.4) is 0 Å². The topological polar surface area (TPSA) is 81.4 Å². The van der Waals surface area contributed by atoms with Crippen molar-refractivity contribution in [1.82, 2.24) is 10.3 Å². The minimum Gasteiger partial charge on any atom is -0.455 e. The fraction of sp³-hybridized carbons (Fsp3) is 0.214. The highest BCUT2D eigenvalue weighted by Crippen LogP contribution is 2.22. The number of oxazole rings is 1. The molecule has 2 aromatic rings. The van der Waals surface area contributed by atoms with Gasteiger partial charge in [-0.1, -0.05) is 29.8 Å². The number of benzene rings is 1. The number of aromatic nitrogens is 1. The van der Waals surface area contributed by atoms with Gasteiger partial charge in [-0.05, 0) is 12.1 Å². The molecular weight excluding hydrogens is 292 g/mol. The molecule has 0 aliphatic carbocycles. The molecule has 0 aliphatic heterocycles. The second kappa shape index (κ2) is 7.36. The van der Waals surface area contributed by atoms with Crippen molar-refractivity contribution in [3.63, 3.8) is 0 Å². The average Bonchev–Trinajstić information content (AvgIpc) is 2.91. The molecule has 0 radical (unpaired) electrons. The van der Waals surface area contributed by atoms with Gasteiger partial charge in [0, 0.05) is 0 Å². The van der Waals surface area contributed by atoms with E-state index in [1.807, 2.05) is 18.2 Å². The number of esters is 1. The maximum absolute atomic E-state index is 11.5. The zero-order valence-corrected chi connectivity index (χ0v) is 11.8. The van der Waals surface area contributed by atoms with E-state index in [0.29, 0.717) is 10.8 Å². The molecule has 1 heterocycles. The molecule has 0 aliphatic rings. The number of rotatable bonds is 6. The van der Waals surface area contributed by atoms with Gasteiger partial charge in [0.25, 0.3) is 11.1 Å². The van der Waals surface area contributed by atoms with Crippen LogP contribution in [0.4, 0.5) is 0 Å². The van der Waals surface area contributed by atoms with Crippen LogP contribution in [0.25, 0.3) is 11.1 Å². The Bertz CT molecular complexity index is 657. The first kappa shape index (κ1) is 14.9. The summed E-state index contributed by atoms with van der Waals surface area (Å²) in [5.74, 6) is 1.29. The molecule has 2 rings (SSSR count). The van der Waals surface area contributed by atoms with Gasteiger partial charge < -0.3 is 14.5 Å². The Morgan fingerprint density at radius 1 is 1.43 bits per heavy atom. The number of amides is 1. The number of fused-ring (bicyclic) bond motifs is 1. The number of carbonyl (C=O) groups is 2. The van der Waals surface area contributed by atoms with E-state index in [0.717, 1.165) is 17.3 Å². The molecule has 0 saturated heterocycles. The number of nitrogens with one attached hydrogen (secondary N) is 1. The largest absolute Gasteiger partial charge is 0.455 e. The lowest BCUT2D eigenvalue weighted by atomic mass is 10.3. The summed E-state index contributed by atoms with van der Waals surface area (Å²) in [6.07, 6.45) is 4.98. The van der Waals surface area contributed by atoms with Crippen LogP contribution in [0.1, 0.15) is 0 Å². The minimum atomic E-state index is -0.530. The van der Waals surface area contributed by atoms with Crippen LogP contribution in [0.2, 0.25) is 0 Å². The molecular formula is C14H12N2O4S. The number of para-hydroxylation sites is 2. The van der Waals surface area contributed by atoms with Crippen LogP contribution < -0.4 is 5.32 Å². The van der Waals surface area contributed by atoms with E-state index >= 15 is 0 Å². The zero-order chi connectivity index (χ0) is 15.1. The van der Waals surface area contributed by atoms with E-state index in [2.05, 4.69) is 16.2 Å². The monoisotopic (exact) mass is 304 g/mol. The average molecular weight is 304 g/mol. The summed E-state index contributed by atoms with van der Waals surface area (Å²) in [6, 6.07) is 7.30. The first-order chi connectivity index (χ1) is 10.2. The van der Waals surface area contributed by atoms with Crippen molar-refractivity contribution >= 4 is 34.7 Å². The number of ether oxygens (including phenoxy) is 1. The number of thioether (sulfide) groups is 1.